The molecule has 8 heteroatoms. The Bertz CT molecular complexity index is 457. The zero-order chi connectivity index (χ0) is 13.9. The van der Waals surface area contributed by atoms with Crippen molar-refractivity contribution in [2.24, 2.45) is 0 Å². The zero-order valence-corrected chi connectivity index (χ0v) is 9.44. The number of nitrogens with zero attached hydrogens (tertiary/aromatic N) is 1. The lowest BCUT2D eigenvalue weighted by Gasteiger charge is -2.21. The molecular weight excluding hydrogens is 255 g/mol. The van der Waals surface area contributed by atoms with E-state index in [0.29, 0.717) is 0 Å². The summed E-state index contributed by atoms with van der Waals surface area (Å²) in [4.78, 5) is 12.2. The van der Waals surface area contributed by atoms with Crippen LogP contribution in [0.4, 0.5) is 13.2 Å². The van der Waals surface area contributed by atoms with E-state index >= 15 is 0 Å². The predicted octanol–water partition coefficient (Wildman–Crippen LogP) is 0.700. The minimum atomic E-state index is -4.69. The summed E-state index contributed by atoms with van der Waals surface area (Å²) in [6.45, 7) is -0.739. The van der Waals surface area contributed by atoms with Crippen molar-refractivity contribution in [1.82, 2.24) is 4.90 Å². The lowest BCUT2D eigenvalue weighted by molar-refractivity contribution is -0.207. The van der Waals surface area contributed by atoms with E-state index in [-0.39, 0.29) is 12.3 Å². The highest BCUT2D eigenvalue weighted by molar-refractivity contribution is 5.15. The number of halogens is 3. The number of aromatic hydroxyl groups is 1. The van der Waals surface area contributed by atoms with Gasteiger partial charge in [-0.3, -0.25) is 9.69 Å². The third kappa shape index (κ3) is 4.04. The molecule has 0 aliphatic heterocycles. The van der Waals surface area contributed by atoms with E-state index in [2.05, 4.69) is 0 Å². The first-order valence-corrected chi connectivity index (χ1v) is 4.94. The second-order valence-corrected chi connectivity index (χ2v) is 3.85. The van der Waals surface area contributed by atoms with Crippen LogP contribution in [0.25, 0.3) is 0 Å². The van der Waals surface area contributed by atoms with Gasteiger partial charge in [0.1, 0.15) is 12.0 Å². The molecule has 0 fully saturated rings. The first kappa shape index (κ1) is 14.5. The number of aliphatic hydroxyl groups is 1. The van der Waals surface area contributed by atoms with Crippen LogP contribution < -0.4 is 5.43 Å². The van der Waals surface area contributed by atoms with Crippen molar-refractivity contribution in [1.29, 1.82) is 0 Å². The molecule has 1 aromatic rings. The van der Waals surface area contributed by atoms with E-state index in [1.54, 1.807) is 0 Å². The number of likely N-dealkylation sites (N-methyl/N-ethyl adjacent to an activating group) is 1. The molecule has 0 aliphatic rings. The number of alkyl halides is 3. The SMILES string of the molecule is CN(Cc1cc(=O)c(O)co1)CC(O)C(F)(F)F. The van der Waals surface area contributed by atoms with Crippen molar-refractivity contribution < 1.29 is 27.8 Å². The molecule has 1 unspecified atom stereocenters. The molecule has 1 heterocycles. The maximum atomic E-state index is 12.1. The molecule has 0 saturated heterocycles. The van der Waals surface area contributed by atoms with Crippen LogP contribution in [0.15, 0.2) is 21.5 Å². The van der Waals surface area contributed by atoms with Gasteiger partial charge >= 0.3 is 6.18 Å². The minimum Gasteiger partial charge on any atom is -0.502 e. The van der Waals surface area contributed by atoms with Gasteiger partial charge in [0.2, 0.25) is 5.43 Å². The van der Waals surface area contributed by atoms with Gasteiger partial charge in [-0.1, -0.05) is 0 Å². The summed E-state index contributed by atoms with van der Waals surface area (Å²) < 4.78 is 41.1. The van der Waals surface area contributed by atoms with Crippen molar-refractivity contribution >= 4 is 0 Å². The van der Waals surface area contributed by atoms with E-state index in [4.69, 9.17) is 14.6 Å². The van der Waals surface area contributed by atoms with Gasteiger partial charge in [0.15, 0.2) is 11.9 Å². The molecule has 0 bridgehead atoms. The molecule has 0 aliphatic carbocycles. The Morgan fingerprint density at radius 1 is 1.50 bits per heavy atom. The number of aliphatic hydroxyl groups excluding tert-OH is 1. The highest BCUT2D eigenvalue weighted by Crippen LogP contribution is 2.20. The van der Waals surface area contributed by atoms with Crippen LogP contribution in [-0.4, -0.2) is 41.0 Å². The quantitative estimate of drug-likeness (QED) is 0.840. The van der Waals surface area contributed by atoms with Gasteiger partial charge in [-0.15, -0.1) is 0 Å². The maximum Gasteiger partial charge on any atom is 0.415 e. The summed E-state index contributed by atoms with van der Waals surface area (Å²) in [6, 6.07) is 0.978. The largest absolute Gasteiger partial charge is 0.502 e. The normalized spacial score (nSPS) is 13.9. The first-order chi connectivity index (χ1) is 8.20. The fourth-order valence-corrected chi connectivity index (χ4v) is 1.26. The van der Waals surface area contributed by atoms with Crippen LogP contribution in [0.1, 0.15) is 5.76 Å². The highest BCUT2D eigenvalue weighted by atomic mass is 19.4. The summed E-state index contributed by atoms with van der Waals surface area (Å²) in [5.41, 5.74) is -0.680. The van der Waals surface area contributed by atoms with E-state index in [1.807, 2.05) is 0 Å². The van der Waals surface area contributed by atoms with Gasteiger partial charge in [0.05, 0.1) is 6.54 Å². The lowest BCUT2D eigenvalue weighted by atomic mass is 10.3. The van der Waals surface area contributed by atoms with Gasteiger partial charge in [-0.25, -0.2) is 0 Å². The van der Waals surface area contributed by atoms with E-state index < -0.39 is 30.0 Å². The molecule has 0 radical (unpaired) electrons. The second kappa shape index (κ2) is 5.40. The van der Waals surface area contributed by atoms with Crippen molar-refractivity contribution in [3.05, 3.63) is 28.3 Å². The Balaban J connectivity index is 2.62. The predicted molar refractivity (Wildman–Crippen MR) is 55.0 cm³/mol. The summed E-state index contributed by atoms with van der Waals surface area (Å²) in [5, 5.41) is 17.8. The molecule has 0 amide bonds. The van der Waals surface area contributed by atoms with E-state index in [1.165, 1.54) is 7.05 Å². The summed E-state index contributed by atoms with van der Waals surface area (Å²) in [6.07, 6.45) is -6.35. The van der Waals surface area contributed by atoms with Crippen molar-refractivity contribution in [3.8, 4) is 5.75 Å². The van der Waals surface area contributed by atoms with Gasteiger partial charge in [0.25, 0.3) is 0 Å². The topological polar surface area (TPSA) is 73.9 Å². The average Bonchev–Trinajstić information content (AvgIpc) is 2.22. The van der Waals surface area contributed by atoms with Crippen molar-refractivity contribution in [2.45, 2.75) is 18.8 Å². The Hall–Kier alpha value is -1.54. The van der Waals surface area contributed by atoms with Gasteiger partial charge < -0.3 is 14.6 Å². The fraction of sp³-hybridized carbons (Fsp3) is 0.500. The van der Waals surface area contributed by atoms with Crippen molar-refractivity contribution in [3.63, 3.8) is 0 Å². The maximum absolute atomic E-state index is 12.1. The third-order valence-corrected chi connectivity index (χ3v) is 2.15. The Morgan fingerprint density at radius 2 is 2.11 bits per heavy atom. The highest BCUT2D eigenvalue weighted by Gasteiger charge is 2.38. The number of rotatable bonds is 4. The van der Waals surface area contributed by atoms with E-state index in [0.717, 1.165) is 17.2 Å². The van der Waals surface area contributed by atoms with Crippen molar-refractivity contribution in [2.75, 3.05) is 13.6 Å². The number of hydrogen-bond donors (Lipinski definition) is 2. The molecule has 0 spiro atoms. The monoisotopic (exact) mass is 267 g/mol. The smallest absolute Gasteiger partial charge is 0.415 e. The molecule has 0 saturated carbocycles. The van der Waals surface area contributed by atoms with Gasteiger partial charge in [0, 0.05) is 12.6 Å². The second-order valence-electron chi connectivity index (χ2n) is 3.85. The van der Waals surface area contributed by atoms with E-state index in [9.17, 15) is 18.0 Å². The standard InChI is InChI=1S/C10H12F3NO4/c1-14(4-9(17)10(11,12)13)3-6-2-7(15)8(16)5-18-6/h2,5,9,16-17H,3-4H2,1H3. The molecule has 2 N–H and O–H groups in total. The van der Waals surface area contributed by atoms with Crippen LogP contribution >= 0.6 is 0 Å². The average molecular weight is 267 g/mol. The third-order valence-electron chi connectivity index (χ3n) is 2.15. The van der Waals surface area contributed by atoms with Crippen LogP contribution in [-0.2, 0) is 6.54 Å². The molecule has 1 rings (SSSR count). The van der Waals surface area contributed by atoms with Gasteiger partial charge in [-0.05, 0) is 7.05 Å². The van der Waals surface area contributed by atoms with Crippen LogP contribution in [0.5, 0.6) is 5.75 Å². The minimum absolute atomic E-state index is 0.0923. The zero-order valence-electron chi connectivity index (χ0n) is 9.44. The Labute approximate surface area is 100 Å². The van der Waals surface area contributed by atoms with Crippen LogP contribution in [0, 0.1) is 0 Å². The van der Waals surface area contributed by atoms with Crippen LogP contribution in [0.2, 0.25) is 0 Å². The molecular formula is C10H12F3NO4. The molecule has 5 nitrogen and oxygen atoms in total. The lowest BCUT2D eigenvalue weighted by Crippen LogP contribution is -2.39. The molecule has 18 heavy (non-hydrogen) atoms. The Morgan fingerprint density at radius 3 is 2.61 bits per heavy atom. The fourth-order valence-electron chi connectivity index (χ4n) is 1.26. The molecule has 102 valence electrons. The van der Waals surface area contributed by atoms with Gasteiger partial charge in [-0.2, -0.15) is 13.2 Å². The summed E-state index contributed by atoms with van der Waals surface area (Å²) in [7, 11) is 1.34. The first-order valence-electron chi connectivity index (χ1n) is 4.94. The number of hydrogen-bond acceptors (Lipinski definition) is 5. The molecule has 1 aromatic heterocycles. The Kier molecular flexibility index (Phi) is 4.36. The summed E-state index contributed by atoms with van der Waals surface area (Å²) in [5.74, 6) is -0.480. The molecule has 1 atom stereocenters. The van der Waals surface area contributed by atoms with Crippen LogP contribution in [0.3, 0.4) is 0 Å². The molecule has 0 aromatic carbocycles. The summed E-state index contributed by atoms with van der Waals surface area (Å²) >= 11 is 0.